The van der Waals surface area contributed by atoms with Gasteiger partial charge in [-0.05, 0) is 25.1 Å². The summed E-state index contributed by atoms with van der Waals surface area (Å²) in [6.45, 7) is 4.87. The number of hydrogen-bond acceptors (Lipinski definition) is 3. The number of amides is 1. The van der Waals surface area contributed by atoms with Crippen molar-refractivity contribution in [1.82, 2.24) is 10.2 Å². The number of carbonyl (C=O) groups is 1. The SMILES string of the molecule is CCCN(CC(=O)Nc1cc(F)cc(F)c1)C1CNC1. The summed E-state index contributed by atoms with van der Waals surface area (Å²) in [6, 6.07) is 3.36. The maximum atomic E-state index is 13.0. The van der Waals surface area contributed by atoms with E-state index in [1.54, 1.807) is 0 Å². The van der Waals surface area contributed by atoms with Gasteiger partial charge in [0.2, 0.25) is 5.91 Å². The van der Waals surface area contributed by atoms with E-state index in [0.717, 1.165) is 44.3 Å². The maximum absolute atomic E-state index is 13.0. The molecular weight excluding hydrogens is 264 g/mol. The summed E-state index contributed by atoms with van der Waals surface area (Å²) in [6.07, 6.45) is 0.957. The Kier molecular flexibility index (Phi) is 5.03. The van der Waals surface area contributed by atoms with Crippen molar-refractivity contribution in [3.63, 3.8) is 0 Å². The summed E-state index contributed by atoms with van der Waals surface area (Å²) in [4.78, 5) is 14.0. The van der Waals surface area contributed by atoms with Gasteiger partial charge in [-0.25, -0.2) is 8.78 Å². The highest BCUT2D eigenvalue weighted by Crippen LogP contribution is 2.13. The van der Waals surface area contributed by atoms with Crippen molar-refractivity contribution in [3.8, 4) is 0 Å². The van der Waals surface area contributed by atoms with Crippen LogP contribution >= 0.6 is 0 Å². The van der Waals surface area contributed by atoms with E-state index in [4.69, 9.17) is 0 Å². The molecule has 6 heteroatoms. The molecule has 1 saturated heterocycles. The van der Waals surface area contributed by atoms with Gasteiger partial charge in [-0.15, -0.1) is 0 Å². The molecule has 0 bridgehead atoms. The first-order chi connectivity index (χ1) is 9.58. The maximum Gasteiger partial charge on any atom is 0.238 e. The van der Waals surface area contributed by atoms with Crippen LogP contribution in [0.3, 0.4) is 0 Å². The van der Waals surface area contributed by atoms with Crippen molar-refractivity contribution >= 4 is 11.6 Å². The van der Waals surface area contributed by atoms with Crippen molar-refractivity contribution < 1.29 is 13.6 Å². The van der Waals surface area contributed by atoms with Crippen LogP contribution < -0.4 is 10.6 Å². The molecule has 0 radical (unpaired) electrons. The van der Waals surface area contributed by atoms with E-state index in [2.05, 4.69) is 22.5 Å². The second-order valence-electron chi connectivity index (χ2n) is 4.99. The van der Waals surface area contributed by atoms with Crippen LogP contribution in [-0.2, 0) is 4.79 Å². The lowest BCUT2D eigenvalue weighted by Crippen LogP contribution is -2.58. The quantitative estimate of drug-likeness (QED) is 0.833. The van der Waals surface area contributed by atoms with Crippen LogP contribution in [0.15, 0.2) is 18.2 Å². The van der Waals surface area contributed by atoms with Crippen LogP contribution in [0.1, 0.15) is 13.3 Å². The van der Waals surface area contributed by atoms with Crippen molar-refractivity contribution in [1.29, 1.82) is 0 Å². The van der Waals surface area contributed by atoms with Gasteiger partial charge in [0.1, 0.15) is 11.6 Å². The largest absolute Gasteiger partial charge is 0.325 e. The standard InChI is InChI=1S/C14H19F2N3O/c1-2-3-19(13-7-17-8-13)9-14(20)18-12-5-10(15)4-11(16)6-12/h4-6,13,17H,2-3,7-9H2,1H3,(H,18,20). The highest BCUT2D eigenvalue weighted by atomic mass is 19.1. The Balaban J connectivity index is 1.92. The number of carbonyl (C=O) groups excluding carboxylic acids is 1. The molecule has 0 spiro atoms. The number of nitrogens with zero attached hydrogens (tertiary/aromatic N) is 1. The second-order valence-corrected chi connectivity index (χ2v) is 4.99. The molecule has 0 aromatic heterocycles. The van der Waals surface area contributed by atoms with Gasteiger partial charge in [0.15, 0.2) is 0 Å². The van der Waals surface area contributed by atoms with Crippen molar-refractivity contribution in [2.75, 3.05) is 31.5 Å². The van der Waals surface area contributed by atoms with Crippen molar-refractivity contribution in [2.45, 2.75) is 19.4 Å². The van der Waals surface area contributed by atoms with Crippen LogP contribution in [0.25, 0.3) is 0 Å². The predicted octanol–water partition coefficient (Wildman–Crippen LogP) is 1.59. The molecule has 1 aliphatic rings. The first kappa shape index (κ1) is 14.9. The Bertz CT molecular complexity index is 457. The number of hydrogen-bond donors (Lipinski definition) is 2. The first-order valence-electron chi connectivity index (χ1n) is 6.79. The molecular formula is C14H19F2N3O. The fourth-order valence-corrected chi connectivity index (χ4v) is 2.22. The number of nitrogens with one attached hydrogen (secondary N) is 2. The minimum atomic E-state index is -0.700. The molecule has 20 heavy (non-hydrogen) atoms. The summed E-state index contributed by atoms with van der Waals surface area (Å²) in [5.41, 5.74) is 0.149. The molecule has 1 amide bonds. The Morgan fingerprint density at radius 3 is 2.50 bits per heavy atom. The van der Waals surface area contributed by atoms with Crippen LogP contribution in [-0.4, -0.2) is 43.0 Å². The lowest BCUT2D eigenvalue weighted by atomic mass is 10.1. The number of halogens is 2. The zero-order valence-corrected chi connectivity index (χ0v) is 11.5. The van der Waals surface area contributed by atoms with E-state index in [1.807, 2.05) is 0 Å². The molecule has 1 aromatic rings. The van der Waals surface area contributed by atoms with Crippen molar-refractivity contribution in [3.05, 3.63) is 29.8 Å². The van der Waals surface area contributed by atoms with Crippen LogP contribution in [0.2, 0.25) is 0 Å². The molecule has 1 aliphatic heterocycles. The molecule has 0 aliphatic carbocycles. The minimum Gasteiger partial charge on any atom is -0.325 e. The van der Waals surface area contributed by atoms with E-state index in [1.165, 1.54) is 0 Å². The monoisotopic (exact) mass is 283 g/mol. The number of rotatable bonds is 6. The van der Waals surface area contributed by atoms with Crippen LogP contribution in [0, 0.1) is 11.6 Å². The molecule has 0 atom stereocenters. The Labute approximate surface area is 117 Å². The predicted molar refractivity (Wildman–Crippen MR) is 73.5 cm³/mol. The third kappa shape index (κ3) is 3.98. The van der Waals surface area contributed by atoms with Gasteiger partial charge in [-0.1, -0.05) is 6.92 Å². The lowest BCUT2D eigenvalue weighted by Gasteiger charge is -2.37. The van der Waals surface area contributed by atoms with Gasteiger partial charge in [0.25, 0.3) is 0 Å². The van der Waals surface area contributed by atoms with Gasteiger partial charge < -0.3 is 10.6 Å². The molecule has 2 rings (SSSR count). The molecule has 110 valence electrons. The molecule has 0 saturated carbocycles. The molecule has 1 heterocycles. The summed E-state index contributed by atoms with van der Waals surface area (Å²) in [5.74, 6) is -1.65. The first-order valence-corrected chi connectivity index (χ1v) is 6.79. The Morgan fingerprint density at radius 1 is 1.35 bits per heavy atom. The number of benzene rings is 1. The second kappa shape index (κ2) is 6.76. The summed E-state index contributed by atoms with van der Waals surface area (Å²) < 4.78 is 26.1. The summed E-state index contributed by atoms with van der Waals surface area (Å²) in [5, 5.41) is 5.70. The molecule has 1 fully saturated rings. The van der Waals surface area contributed by atoms with E-state index >= 15 is 0 Å². The van der Waals surface area contributed by atoms with Gasteiger partial charge in [-0.2, -0.15) is 0 Å². The average Bonchev–Trinajstić information content (AvgIpc) is 2.24. The normalized spacial score (nSPS) is 15.2. The average molecular weight is 283 g/mol. The topological polar surface area (TPSA) is 44.4 Å². The fraction of sp³-hybridized carbons (Fsp3) is 0.500. The third-order valence-electron chi connectivity index (χ3n) is 3.28. The zero-order chi connectivity index (χ0) is 14.5. The summed E-state index contributed by atoms with van der Waals surface area (Å²) in [7, 11) is 0. The van der Waals surface area contributed by atoms with E-state index in [0.29, 0.717) is 6.04 Å². The molecule has 2 N–H and O–H groups in total. The zero-order valence-electron chi connectivity index (χ0n) is 11.5. The van der Waals surface area contributed by atoms with Crippen LogP contribution in [0.5, 0.6) is 0 Å². The van der Waals surface area contributed by atoms with E-state index < -0.39 is 11.6 Å². The minimum absolute atomic E-state index is 0.149. The fourth-order valence-electron chi connectivity index (χ4n) is 2.22. The van der Waals surface area contributed by atoms with Gasteiger partial charge in [0, 0.05) is 30.9 Å². The smallest absolute Gasteiger partial charge is 0.238 e. The van der Waals surface area contributed by atoms with Crippen LogP contribution in [0.4, 0.5) is 14.5 Å². The van der Waals surface area contributed by atoms with E-state index in [9.17, 15) is 13.6 Å². The van der Waals surface area contributed by atoms with Gasteiger partial charge in [0.05, 0.1) is 6.54 Å². The Hall–Kier alpha value is -1.53. The molecule has 4 nitrogen and oxygen atoms in total. The molecule has 1 aromatic carbocycles. The van der Waals surface area contributed by atoms with Gasteiger partial charge in [-0.3, -0.25) is 9.69 Å². The third-order valence-corrected chi connectivity index (χ3v) is 3.28. The highest BCUT2D eigenvalue weighted by Gasteiger charge is 2.25. The van der Waals surface area contributed by atoms with E-state index in [-0.39, 0.29) is 18.1 Å². The molecule has 0 unspecified atom stereocenters. The number of anilines is 1. The Morgan fingerprint density at radius 2 is 2.00 bits per heavy atom. The van der Waals surface area contributed by atoms with Gasteiger partial charge >= 0.3 is 0 Å². The van der Waals surface area contributed by atoms with Crippen molar-refractivity contribution in [2.24, 2.45) is 0 Å². The highest BCUT2D eigenvalue weighted by molar-refractivity contribution is 5.92. The lowest BCUT2D eigenvalue weighted by molar-refractivity contribution is -0.118. The summed E-state index contributed by atoms with van der Waals surface area (Å²) >= 11 is 0.